The van der Waals surface area contributed by atoms with E-state index in [1.807, 2.05) is 17.8 Å². The lowest BCUT2D eigenvalue weighted by Gasteiger charge is -2.17. The van der Waals surface area contributed by atoms with Crippen molar-refractivity contribution in [2.45, 2.75) is 19.6 Å². The molecule has 2 nitrogen and oxygen atoms in total. The topological polar surface area (TPSA) is 29.3 Å². The van der Waals surface area contributed by atoms with Gasteiger partial charge in [-0.3, -0.25) is 0 Å². The number of nitrogens with two attached hydrogens (primary N) is 1. The summed E-state index contributed by atoms with van der Waals surface area (Å²) >= 11 is 5.37. The minimum atomic E-state index is 0.884. The summed E-state index contributed by atoms with van der Waals surface area (Å²) in [6, 6.07) is 6.13. The molecule has 0 heterocycles. The summed E-state index contributed by atoms with van der Waals surface area (Å²) < 4.78 is 1.05. The van der Waals surface area contributed by atoms with Crippen LogP contribution in [-0.4, -0.2) is 30.3 Å². The van der Waals surface area contributed by atoms with Crippen molar-refractivity contribution in [1.29, 1.82) is 0 Å². The summed E-state index contributed by atoms with van der Waals surface area (Å²) in [7, 11) is 0. The quantitative estimate of drug-likeness (QED) is 0.615. The second-order valence-corrected chi connectivity index (χ2v) is 5.94. The molecule has 0 aliphatic heterocycles. The molecular weight excluding hydrogens is 296 g/mol. The highest BCUT2D eigenvalue weighted by molar-refractivity contribution is 9.10. The van der Waals surface area contributed by atoms with E-state index in [1.165, 1.54) is 5.56 Å². The molecule has 0 aliphatic rings. The Morgan fingerprint density at radius 3 is 2.59 bits per heavy atom. The Balaban J connectivity index is 2.31. The average molecular weight is 317 g/mol. The number of anilines is 1. The molecule has 17 heavy (non-hydrogen) atoms. The lowest BCUT2D eigenvalue weighted by Crippen LogP contribution is -2.25. The van der Waals surface area contributed by atoms with Crippen molar-refractivity contribution in [2.24, 2.45) is 0 Å². The van der Waals surface area contributed by atoms with Gasteiger partial charge in [-0.2, -0.15) is 11.8 Å². The zero-order chi connectivity index (χ0) is 12.7. The van der Waals surface area contributed by atoms with Crippen molar-refractivity contribution in [1.82, 2.24) is 4.90 Å². The molecule has 96 valence electrons. The molecule has 0 unspecified atom stereocenters. The van der Waals surface area contributed by atoms with Gasteiger partial charge in [0.1, 0.15) is 0 Å². The van der Waals surface area contributed by atoms with Crippen molar-refractivity contribution in [3.05, 3.63) is 28.2 Å². The van der Waals surface area contributed by atoms with Crippen LogP contribution in [0.5, 0.6) is 0 Å². The number of halogens is 1. The van der Waals surface area contributed by atoms with E-state index < -0.39 is 0 Å². The average Bonchev–Trinajstić information content (AvgIpc) is 2.32. The van der Waals surface area contributed by atoms with Crippen LogP contribution in [0, 0.1) is 0 Å². The van der Waals surface area contributed by atoms with Crippen LogP contribution < -0.4 is 5.73 Å². The molecule has 0 saturated heterocycles. The minimum Gasteiger partial charge on any atom is -0.398 e. The fourth-order valence-electron chi connectivity index (χ4n) is 1.61. The molecule has 0 bridgehead atoms. The molecule has 0 saturated carbocycles. The van der Waals surface area contributed by atoms with Crippen molar-refractivity contribution in [2.75, 3.05) is 31.1 Å². The number of rotatable bonds is 7. The van der Waals surface area contributed by atoms with Crippen LogP contribution in [0.3, 0.4) is 0 Å². The molecular formula is C13H21BrN2S. The fraction of sp³-hybridized carbons (Fsp3) is 0.538. The highest BCUT2D eigenvalue weighted by Gasteiger charge is 2.02. The molecule has 0 amide bonds. The van der Waals surface area contributed by atoms with Gasteiger partial charge in [-0.15, -0.1) is 0 Å². The summed E-state index contributed by atoms with van der Waals surface area (Å²) in [6.07, 6.45) is 0. The summed E-state index contributed by atoms with van der Waals surface area (Å²) in [5.74, 6) is 2.16. The Morgan fingerprint density at radius 1 is 1.29 bits per heavy atom. The Kier molecular flexibility index (Phi) is 7.00. The Labute approximate surface area is 117 Å². The van der Waals surface area contributed by atoms with E-state index in [9.17, 15) is 0 Å². The smallest absolute Gasteiger partial charge is 0.0366 e. The van der Waals surface area contributed by atoms with E-state index in [1.54, 1.807) is 0 Å². The molecule has 0 aliphatic carbocycles. The van der Waals surface area contributed by atoms with E-state index >= 15 is 0 Å². The van der Waals surface area contributed by atoms with Gasteiger partial charge in [0, 0.05) is 28.2 Å². The third-order valence-electron chi connectivity index (χ3n) is 2.81. The highest BCUT2D eigenvalue weighted by atomic mass is 79.9. The standard InChI is InChI=1S/C13H21BrN2S/c1-3-16(4-2)7-8-17-10-11-5-6-12(14)9-13(11)15/h5-6,9H,3-4,7-8,10,15H2,1-2H3. The molecule has 0 spiro atoms. The van der Waals surface area contributed by atoms with Crippen LogP contribution in [-0.2, 0) is 5.75 Å². The maximum atomic E-state index is 5.96. The van der Waals surface area contributed by atoms with Crippen LogP contribution in [0.25, 0.3) is 0 Å². The summed E-state index contributed by atoms with van der Waals surface area (Å²) in [4.78, 5) is 2.44. The number of thioether (sulfide) groups is 1. The lowest BCUT2D eigenvalue weighted by atomic mass is 10.2. The van der Waals surface area contributed by atoms with Crippen molar-refractivity contribution < 1.29 is 0 Å². The van der Waals surface area contributed by atoms with E-state index in [2.05, 4.69) is 46.8 Å². The largest absolute Gasteiger partial charge is 0.398 e. The third kappa shape index (κ3) is 5.32. The maximum absolute atomic E-state index is 5.96. The van der Waals surface area contributed by atoms with Crippen LogP contribution in [0.15, 0.2) is 22.7 Å². The first-order valence-electron chi connectivity index (χ1n) is 6.01. The van der Waals surface area contributed by atoms with Gasteiger partial charge in [0.05, 0.1) is 0 Å². The minimum absolute atomic E-state index is 0.884. The van der Waals surface area contributed by atoms with Crippen LogP contribution in [0.4, 0.5) is 5.69 Å². The van der Waals surface area contributed by atoms with Crippen molar-refractivity contribution in [3.8, 4) is 0 Å². The van der Waals surface area contributed by atoms with Gasteiger partial charge in [-0.05, 0) is 30.8 Å². The number of nitrogens with zero attached hydrogens (tertiary/aromatic N) is 1. The first-order valence-corrected chi connectivity index (χ1v) is 7.96. The van der Waals surface area contributed by atoms with Gasteiger partial charge in [0.15, 0.2) is 0 Å². The van der Waals surface area contributed by atoms with E-state index in [0.29, 0.717) is 0 Å². The number of hydrogen-bond donors (Lipinski definition) is 1. The Bertz CT molecular complexity index is 340. The van der Waals surface area contributed by atoms with Gasteiger partial charge >= 0.3 is 0 Å². The molecule has 1 aromatic rings. The van der Waals surface area contributed by atoms with Crippen molar-refractivity contribution >= 4 is 33.4 Å². The van der Waals surface area contributed by atoms with Gasteiger partial charge in [0.2, 0.25) is 0 Å². The Morgan fingerprint density at radius 2 is 2.00 bits per heavy atom. The highest BCUT2D eigenvalue weighted by Crippen LogP contribution is 2.22. The molecule has 0 fully saturated rings. The normalized spacial score (nSPS) is 11.1. The van der Waals surface area contributed by atoms with Gasteiger partial charge in [0.25, 0.3) is 0 Å². The predicted octanol–water partition coefficient (Wildman–Crippen LogP) is 3.61. The fourth-order valence-corrected chi connectivity index (χ4v) is 3.01. The number of nitrogen functional groups attached to an aromatic ring is 1. The van der Waals surface area contributed by atoms with Gasteiger partial charge in [-0.25, -0.2) is 0 Å². The molecule has 2 N–H and O–H groups in total. The molecule has 0 aromatic heterocycles. The van der Waals surface area contributed by atoms with Crippen LogP contribution in [0.2, 0.25) is 0 Å². The van der Waals surface area contributed by atoms with Gasteiger partial charge < -0.3 is 10.6 Å². The van der Waals surface area contributed by atoms with Gasteiger partial charge in [-0.1, -0.05) is 35.8 Å². The predicted molar refractivity (Wildman–Crippen MR) is 82.5 cm³/mol. The van der Waals surface area contributed by atoms with Crippen LogP contribution in [0.1, 0.15) is 19.4 Å². The molecule has 1 rings (SSSR count). The van der Waals surface area contributed by atoms with E-state index in [-0.39, 0.29) is 0 Å². The lowest BCUT2D eigenvalue weighted by molar-refractivity contribution is 0.324. The van der Waals surface area contributed by atoms with E-state index in [4.69, 9.17) is 5.73 Å². The summed E-state index contributed by atoms with van der Waals surface area (Å²) in [5, 5.41) is 0. The molecule has 1 aromatic carbocycles. The second kappa shape index (κ2) is 8.01. The van der Waals surface area contributed by atoms with Crippen LogP contribution >= 0.6 is 27.7 Å². The number of benzene rings is 1. The SMILES string of the molecule is CCN(CC)CCSCc1ccc(Br)cc1N. The molecule has 0 atom stereocenters. The molecule has 4 heteroatoms. The number of hydrogen-bond acceptors (Lipinski definition) is 3. The summed E-state index contributed by atoms with van der Waals surface area (Å²) in [5.41, 5.74) is 8.08. The van der Waals surface area contributed by atoms with E-state index in [0.717, 1.165) is 41.3 Å². The summed E-state index contributed by atoms with van der Waals surface area (Å²) in [6.45, 7) is 7.85. The zero-order valence-electron chi connectivity index (χ0n) is 10.6. The molecule has 0 radical (unpaired) electrons. The Hall–Kier alpha value is -0.190. The third-order valence-corrected chi connectivity index (χ3v) is 4.29. The maximum Gasteiger partial charge on any atom is 0.0366 e. The van der Waals surface area contributed by atoms with Crippen molar-refractivity contribution in [3.63, 3.8) is 0 Å². The second-order valence-electron chi connectivity index (χ2n) is 3.92. The monoisotopic (exact) mass is 316 g/mol. The first-order chi connectivity index (χ1) is 8.17. The first kappa shape index (κ1) is 14.9. The zero-order valence-corrected chi connectivity index (χ0v) is 13.0.